The van der Waals surface area contributed by atoms with Gasteiger partial charge in [0.25, 0.3) is 0 Å². The van der Waals surface area contributed by atoms with Gasteiger partial charge in [0.05, 0.1) is 12.4 Å². The number of aliphatic hydroxyl groups is 1. The number of unbranched alkanes of at least 4 members (excludes halogenated alkanes) is 1. The molecule has 0 aliphatic heterocycles. The Balaban J connectivity index is 4.31. The zero-order valence-corrected chi connectivity index (χ0v) is 13.8. The molecular formula is C16H31NO3. The smallest absolute Gasteiger partial charge is 0.415 e. The second kappa shape index (κ2) is 9.81. The molecule has 1 amide bonds. The minimum Gasteiger partial charge on any atom is -0.418 e. The Morgan fingerprint density at radius 3 is 2.20 bits per heavy atom. The van der Waals surface area contributed by atoms with Crippen LogP contribution in [0.5, 0.6) is 0 Å². The lowest BCUT2D eigenvalue weighted by Crippen LogP contribution is -2.41. The van der Waals surface area contributed by atoms with Gasteiger partial charge in [0.1, 0.15) is 0 Å². The quantitative estimate of drug-likeness (QED) is 0.687. The van der Waals surface area contributed by atoms with Crippen LogP contribution in [0.2, 0.25) is 0 Å². The molecule has 0 aliphatic rings. The average Bonchev–Trinajstić information content (AvgIpc) is 2.34. The number of ether oxygens (including phenoxy) is 1. The van der Waals surface area contributed by atoms with E-state index in [1.807, 2.05) is 34.6 Å². The molecule has 0 aromatic rings. The second-order valence-corrected chi connectivity index (χ2v) is 5.88. The summed E-state index contributed by atoms with van der Waals surface area (Å²) in [6.45, 7) is 11.9. The van der Waals surface area contributed by atoms with E-state index in [1.54, 1.807) is 11.0 Å². The van der Waals surface area contributed by atoms with Crippen LogP contribution in [0, 0.1) is 5.92 Å². The molecule has 0 bridgehead atoms. The number of carbonyl (C=O) groups is 1. The van der Waals surface area contributed by atoms with Crippen LogP contribution in [0.1, 0.15) is 60.8 Å². The van der Waals surface area contributed by atoms with Crippen molar-refractivity contribution in [1.29, 1.82) is 0 Å². The molecule has 0 fully saturated rings. The molecule has 0 saturated heterocycles. The highest BCUT2D eigenvalue weighted by molar-refractivity contribution is 5.68. The summed E-state index contributed by atoms with van der Waals surface area (Å²) in [4.78, 5) is 13.6. The number of aliphatic hydroxyl groups excluding tert-OH is 1. The maximum Gasteiger partial charge on any atom is 0.415 e. The largest absolute Gasteiger partial charge is 0.418 e. The number of nitrogens with zero attached hydrogens (tertiary/aromatic N) is 1. The van der Waals surface area contributed by atoms with Gasteiger partial charge >= 0.3 is 6.09 Å². The summed E-state index contributed by atoms with van der Waals surface area (Å²) in [6.07, 6.45) is 5.28. The van der Waals surface area contributed by atoms with Gasteiger partial charge < -0.3 is 14.7 Å². The Bertz CT molecular complexity index is 292. The van der Waals surface area contributed by atoms with E-state index in [4.69, 9.17) is 4.74 Å². The van der Waals surface area contributed by atoms with Gasteiger partial charge in [-0.2, -0.15) is 0 Å². The minimum atomic E-state index is -0.379. The van der Waals surface area contributed by atoms with Crippen LogP contribution in [0.25, 0.3) is 0 Å². The molecule has 0 spiro atoms. The van der Waals surface area contributed by atoms with Crippen LogP contribution in [0.15, 0.2) is 12.3 Å². The van der Waals surface area contributed by atoms with Crippen molar-refractivity contribution >= 4 is 6.09 Å². The molecule has 0 saturated carbocycles. The molecule has 1 N–H and O–H groups in total. The Hall–Kier alpha value is -1.03. The molecule has 118 valence electrons. The Morgan fingerprint density at radius 1 is 1.20 bits per heavy atom. The van der Waals surface area contributed by atoms with Gasteiger partial charge in [0.15, 0.2) is 0 Å². The van der Waals surface area contributed by atoms with Crippen molar-refractivity contribution in [3.05, 3.63) is 12.3 Å². The van der Waals surface area contributed by atoms with Gasteiger partial charge in [-0.3, -0.25) is 0 Å². The van der Waals surface area contributed by atoms with Crippen molar-refractivity contribution in [3.63, 3.8) is 0 Å². The van der Waals surface area contributed by atoms with Crippen molar-refractivity contribution in [2.45, 2.75) is 79.0 Å². The maximum absolute atomic E-state index is 11.9. The van der Waals surface area contributed by atoms with Crippen molar-refractivity contribution in [1.82, 2.24) is 4.90 Å². The maximum atomic E-state index is 11.9. The SMILES string of the molecule is CCCC[C@@H](O)[C@@H](C)/C=C\OC(=O)N(C(C)C)C(C)C. The third kappa shape index (κ3) is 6.94. The van der Waals surface area contributed by atoms with Crippen molar-refractivity contribution in [3.8, 4) is 0 Å². The summed E-state index contributed by atoms with van der Waals surface area (Å²) < 4.78 is 5.15. The molecule has 0 aromatic carbocycles. The van der Waals surface area contributed by atoms with Crippen LogP contribution >= 0.6 is 0 Å². The first-order chi connectivity index (χ1) is 9.31. The average molecular weight is 285 g/mol. The molecule has 0 radical (unpaired) electrons. The van der Waals surface area contributed by atoms with Gasteiger partial charge in [-0.1, -0.05) is 26.7 Å². The van der Waals surface area contributed by atoms with Gasteiger partial charge in [0, 0.05) is 18.0 Å². The zero-order valence-electron chi connectivity index (χ0n) is 13.8. The predicted octanol–water partition coefficient (Wildman–Crippen LogP) is 3.94. The lowest BCUT2D eigenvalue weighted by molar-refractivity contribution is 0.105. The van der Waals surface area contributed by atoms with Crippen molar-refractivity contribution in [2.75, 3.05) is 0 Å². The minimum absolute atomic E-state index is 0.0131. The first-order valence-electron chi connectivity index (χ1n) is 7.64. The molecular weight excluding hydrogens is 254 g/mol. The topological polar surface area (TPSA) is 49.8 Å². The molecule has 4 nitrogen and oxygen atoms in total. The van der Waals surface area contributed by atoms with Crippen LogP contribution in [0.4, 0.5) is 4.79 Å². The fraction of sp³-hybridized carbons (Fsp3) is 0.812. The summed E-state index contributed by atoms with van der Waals surface area (Å²) in [5.74, 6) is -0.0131. The highest BCUT2D eigenvalue weighted by Crippen LogP contribution is 2.13. The third-order valence-electron chi connectivity index (χ3n) is 3.33. The summed E-state index contributed by atoms with van der Waals surface area (Å²) >= 11 is 0. The summed E-state index contributed by atoms with van der Waals surface area (Å²) in [7, 11) is 0. The van der Waals surface area contributed by atoms with E-state index < -0.39 is 0 Å². The number of amides is 1. The molecule has 0 rings (SSSR count). The molecule has 0 aromatic heterocycles. The Kier molecular flexibility index (Phi) is 9.30. The molecule has 0 unspecified atom stereocenters. The van der Waals surface area contributed by atoms with E-state index in [2.05, 4.69) is 6.92 Å². The summed E-state index contributed by atoms with van der Waals surface area (Å²) in [5.41, 5.74) is 0. The summed E-state index contributed by atoms with van der Waals surface area (Å²) in [6, 6.07) is 0.201. The van der Waals surface area contributed by atoms with Crippen molar-refractivity contribution < 1.29 is 14.6 Å². The molecule has 0 aliphatic carbocycles. The van der Waals surface area contributed by atoms with E-state index in [0.29, 0.717) is 0 Å². The Labute approximate surface area is 123 Å². The lowest BCUT2D eigenvalue weighted by atomic mass is 10.00. The monoisotopic (exact) mass is 285 g/mol. The first-order valence-corrected chi connectivity index (χ1v) is 7.64. The van der Waals surface area contributed by atoms with Crippen LogP contribution in [-0.2, 0) is 4.74 Å². The third-order valence-corrected chi connectivity index (χ3v) is 3.33. The van der Waals surface area contributed by atoms with E-state index >= 15 is 0 Å². The van der Waals surface area contributed by atoms with Gasteiger partial charge in [-0.05, 0) is 40.2 Å². The van der Waals surface area contributed by atoms with E-state index in [1.165, 1.54) is 6.26 Å². The highest BCUT2D eigenvalue weighted by atomic mass is 16.5. The fourth-order valence-corrected chi connectivity index (χ4v) is 2.10. The summed E-state index contributed by atoms with van der Waals surface area (Å²) in [5, 5.41) is 9.90. The predicted molar refractivity (Wildman–Crippen MR) is 82.4 cm³/mol. The second-order valence-electron chi connectivity index (χ2n) is 5.88. The van der Waals surface area contributed by atoms with E-state index in [-0.39, 0.29) is 30.2 Å². The number of rotatable bonds is 8. The molecule has 20 heavy (non-hydrogen) atoms. The van der Waals surface area contributed by atoms with E-state index in [9.17, 15) is 9.90 Å². The molecule has 2 atom stereocenters. The fourth-order valence-electron chi connectivity index (χ4n) is 2.10. The number of carbonyl (C=O) groups excluding carboxylic acids is 1. The standard InChI is InChI=1S/C16H31NO3/c1-7-8-9-15(18)14(6)10-11-20-16(19)17(12(2)3)13(4)5/h10-15,18H,7-9H2,1-6H3/b11-10-/t14-,15+/m0/s1. The number of hydrogen-bond acceptors (Lipinski definition) is 3. The van der Waals surface area contributed by atoms with Crippen molar-refractivity contribution in [2.24, 2.45) is 5.92 Å². The Morgan fingerprint density at radius 2 is 1.75 bits per heavy atom. The van der Waals surface area contributed by atoms with Gasteiger partial charge in [-0.15, -0.1) is 0 Å². The normalized spacial score (nSPS) is 14.8. The van der Waals surface area contributed by atoms with Gasteiger partial charge in [0.2, 0.25) is 0 Å². The van der Waals surface area contributed by atoms with Gasteiger partial charge in [-0.25, -0.2) is 4.79 Å². The van der Waals surface area contributed by atoms with Crippen LogP contribution in [-0.4, -0.2) is 34.3 Å². The molecule has 4 heteroatoms. The van der Waals surface area contributed by atoms with E-state index in [0.717, 1.165) is 19.3 Å². The zero-order chi connectivity index (χ0) is 15.7. The van der Waals surface area contributed by atoms with Crippen LogP contribution < -0.4 is 0 Å². The number of hydrogen-bond donors (Lipinski definition) is 1. The molecule has 0 heterocycles. The first kappa shape index (κ1) is 19.0. The van der Waals surface area contributed by atoms with Crippen LogP contribution in [0.3, 0.4) is 0 Å². The highest BCUT2D eigenvalue weighted by Gasteiger charge is 2.20. The lowest BCUT2D eigenvalue weighted by Gasteiger charge is -2.29.